The van der Waals surface area contributed by atoms with Crippen LogP contribution in [0.25, 0.3) is 0 Å². The summed E-state index contributed by atoms with van der Waals surface area (Å²) in [4.78, 5) is 0. The van der Waals surface area contributed by atoms with Crippen molar-refractivity contribution in [2.75, 3.05) is 0 Å². The zero-order chi connectivity index (χ0) is 11.2. The summed E-state index contributed by atoms with van der Waals surface area (Å²) in [7, 11) is 0. The Balaban J connectivity index is 0.000000791. The Bertz CT molecular complexity index is 137. The number of rotatable bonds is 4. The Morgan fingerprint density at radius 2 is 1.71 bits per heavy atom. The van der Waals surface area contributed by atoms with Crippen LogP contribution in [0.4, 0.5) is 8.78 Å². The minimum atomic E-state index is -2.10. The number of hydrogen-bond acceptors (Lipinski definition) is 0. The molecule has 0 spiro atoms. The molecule has 0 aromatic heterocycles. The summed E-state index contributed by atoms with van der Waals surface area (Å²) >= 11 is 0. The van der Waals surface area contributed by atoms with Crippen molar-refractivity contribution >= 4 is 0 Å². The van der Waals surface area contributed by atoms with Gasteiger partial charge in [-0.05, 0) is 25.2 Å². The fourth-order valence-corrected chi connectivity index (χ4v) is 2.37. The molecule has 0 heterocycles. The second-order valence-electron chi connectivity index (χ2n) is 4.10. The van der Waals surface area contributed by atoms with Crippen LogP contribution < -0.4 is 0 Å². The van der Waals surface area contributed by atoms with E-state index in [2.05, 4.69) is 6.92 Å². The molecule has 0 radical (unpaired) electrons. The Kier molecular flexibility index (Phi) is 6.30. The number of alkyl halides is 2. The van der Waals surface area contributed by atoms with E-state index in [-0.39, 0.29) is 0 Å². The van der Waals surface area contributed by atoms with Crippen LogP contribution in [0.3, 0.4) is 0 Å². The van der Waals surface area contributed by atoms with Gasteiger partial charge in [-0.1, -0.05) is 40.5 Å². The highest BCUT2D eigenvalue weighted by atomic mass is 19.3. The number of hydrogen-bond donors (Lipinski definition) is 0. The predicted molar refractivity (Wildman–Crippen MR) is 57.7 cm³/mol. The van der Waals surface area contributed by atoms with Gasteiger partial charge in [0, 0.05) is 5.41 Å². The normalized spacial score (nSPS) is 30.6. The van der Waals surface area contributed by atoms with E-state index in [1.165, 1.54) is 0 Å². The first-order valence-electron chi connectivity index (χ1n) is 5.92. The molecule has 0 N–H and O–H groups in total. The highest BCUT2D eigenvalue weighted by Crippen LogP contribution is 2.53. The van der Waals surface area contributed by atoms with Gasteiger partial charge in [-0.15, -0.1) is 0 Å². The van der Waals surface area contributed by atoms with Crippen molar-refractivity contribution in [1.29, 1.82) is 0 Å². The average molecular weight is 206 g/mol. The second kappa shape index (κ2) is 6.36. The van der Waals surface area contributed by atoms with Crippen molar-refractivity contribution in [2.45, 2.75) is 66.2 Å². The van der Waals surface area contributed by atoms with Crippen LogP contribution in [-0.4, -0.2) is 6.43 Å². The molecule has 0 saturated heterocycles. The van der Waals surface area contributed by atoms with E-state index in [1.54, 1.807) is 0 Å². The Morgan fingerprint density at radius 3 is 2.00 bits per heavy atom. The van der Waals surface area contributed by atoms with Crippen molar-refractivity contribution in [2.24, 2.45) is 11.3 Å². The zero-order valence-electron chi connectivity index (χ0n) is 9.95. The molecule has 0 amide bonds. The molecule has 0 aliphatic heterocycles. The zero-order valence-corrected chi connectivity index (χ0v) is 9.95. The predicted octanol–water partition coefficient (Wildman–Crippen LogP) is 4.88. The summed E-state index contributed by atoms with van der Waals surface area (Å²) in [6.45, 7) is 8.08. The van der Waals surface area contributed by atoms with Crippen LogP contribution in [0.1, 0.15) is 59.8 Å². The van der Waals surface area contributed by atoms with E-state index < -0.39 is 11.8 Å². The highest BCUT2D eigenvalue weighted by Gasteiger charge is 2.49. The Labute approximate surface area is 87.1 Å². The van der Waals surface area contributed by atoms with E-state index in [4.69, 9.17) is 0 Å². The molecule has 14 heavy (non-hydrogen) atoms. The molecule has 1 rings (SSSR count). The smallest absolute Gasteiger partial charge is 0.210 e. The summed E-state index contributed by atoms with van der Waals surface area (Å²) in [6.07, 6.45) is 2.09. The van der Waals surface area contributed by atoms with Crippen LogP contribution >= 0.6 is 0 Å². The molecule has 0 aromatic carbocycles. The van der Waals surface area contributed by atoms with E-state index >= 15 is 0 Å². The molecule has 1 saturated carbocycles. The maximum absolute atomic E-state index is 12.6. The van der Waals surface area contributed by atoms with E-state index in [0.29, 0.717) is 12.3 Å². The van der Waals surface area contributed by atoms with Gasteiger partial charge in [0.2, 0.25) is 6.43 Å². The first-order chi connectivity index (χ1) is 6.64. The van der Waals surface area contributed by atoms with Crippen LogP contribution in [0.2, 0.25) is 0 Å². The van der Waals surface area contributed by atoms with Gasteiger partial charge in [-0.2, -0.15) is 0 Å². The minimum Gasteiger partial charge on any atom is -0.210 e. The maximum Gasteiger partial charge on any atom is 0.244 e. The summed E-state index contributed by atoms with van der Waals surface area (Å²) in [5.74, 6) is 0.575. The highest BCUT2D eigenvalue weighted by molar-refractivity contribution is 4.94. The molecule has 0 bridgehead atoms. The molecule has 0 unspecified atom stereocenters. The standard InChI is InChI=1S/C10H18F2.C2H6/c1-3-5-10(9(11)12)6-8(4-2)7-10;1-2/h8-9H,3-7H2,1-2H3;1-2H3. The first kappa shape index (κ1) is 13.9. The Morgan fingerprint density at radius 1 is 1.21 bits per heavy atom. The van der Waals surface area contributed by atoms with Gasteiger partial charge in [0.05, 0.1) is 0 Å². The summed E-state index contributed by atoms with van der Waals surface area (Å²) in [5.41, 5.74) is -0.588. The van der Waals surface area contributed by atoms with Crippen molar-refractivity contribution in [3.63, 3.8) is 0 Å². The summed E-state index contributed by atoms with van der Waals surface area (Å²) in [5, 5.41) is 0. The van der Waals surface area contributed by atoms with Gasteiger partial charge in [-0.3, -0.25) is 0 Å². The average Bonchev–Trinajstić information content (AvgIpc) is 2.13. The fourth-order valence-electron chi connectivity index (χ4n) is 2.37. The lowest BCUT2D eigenvalue weighted by Gasteiger charge is -2.47. The molecule has 1 aliphatic rings. The van der Waals surface area contributed by atoms with Crippen molar-refractivity contribution in [3.05, 3.63) is 0 Å². The molecule has 0 nitrogen and oxygen atoms in total. The lowest BCUT2D eigenvalue weighted by molar-refractivity contribution is -0.0987. The minimum absolute atomic E-state index is 0.575. The Hall–Kier alpha value is -0.140. The van der Waals surface area contributed by atoms with Crippen LogP contribution in [-0.2, 0) is 0 Å². The van der Waals surface area contributed by atoms with E-state index in [0.717, 1.165) is 25.7 Å². The third kappa shape index (κ3) is 2.93. The molecule has 0 aromatic rings. The molecule has 1 aliphatic carbocycles. The summed E-state index contributed by atoms with van der Waals surface area (Å²) in [6, 6.07) is 0. The quantitative estimate of drug-likeness (QED) is 0.614. The molecular weight excluding hydrogens is 182 g/mol. The third-order valence-corrected chi connectivity index (χ3v) is 3.18. The molecular formula is C12H24F2. The van der Waals surface area contributed by atoms with Crippen LogP contribution in [0, 0.1) is 11.3 Å². The SMILES string of the molecule is CC.CCCC1(C(F)F)CC(CC)C1. The van der Waals surface area contributed by atoms with Gasteiger partial charge in [0.25, 0.3) is 0 Å². The largest absolute Gasteiger partial charge is 0.244 e. The summed E-state index contributed by atoms with van der Waals surface area (Å²) < 4.78 is 25.3. The van der Waals surface area contributed by atoms with E-state index in [1.807, 2.05) is 20.8 Å². The molecule has 86 valence electrons. The topological polar surface area (TPSA) is 0 Å². The van der Waals surface area contributed by atoms with Gasteiger partial charge >= 0.3 is 0 Å². The molecule has 0 atom stereocenters. The van der Waals surface area contributed by atoms with Gasteiger partial charge in [0.1, 0.15) is 0 Å². The second-order valence-corrected chi connectivity index (χ2v) is 4.10. The molecule has 2 heteroatoms. The lowest BCUT2D eigenvalue weighted by atomic mass is 9.59. The van der Waals surface area contributed by atoms with Crippen LogP contribution in [0.15, 0.2) is 0 Å². The number of halogens is 2. The van der Waals surface area contributed by atoms with Gasteiger partial charge in [-0.25, -0.2) is 8.78 Å². The monoisotopic (exact) mass is 206 g/mol. The fraction of sp³-hybridized carbons (Fsp3) is 1.00. The van der Waals surface area contributed by atoms with Gasteiger partial charge in [0.15, 0.2) is 0 Å². The van der Waals surface area contributed by atoms with Crippen molar-refractivity contribution < 1.29 is 8.78 Å². The van der Waals surface area contributed by atoms with Crippen molar-refractivity contribution in [1.82, 2.24) is 0 Å². The van der Waals surface area contributed by atoms with Gasteiger partial charge < -0.3 is 0 Å². The van der Waals surface area contributed by atoms with E-state index in [9.17, 15) is 8.78 Å². The maximum atomic E-state index is 12.6. The first-order valence-corrected chi connectivity index (χ1v) is 5.92. The third-order valence-electron chi connectivity index (χ3n) is 3.18. The molecule has 1 fully saturated rings. The lowest BCUT2D eigenvalue weighted by Crippen LogP contribution is -2.42. The van der Waals surface area contributed by atoms with Crippen LogP contribution in [0.5, 0.6) is 0 Å². The van der Waals surface area contributed by atoms with Crippen molar-refractivity contribution in [3.8, 4) is 0 Å².